The summed E-state index contributed by atoms with van der Waals surface area (Å²) in [6.45, 7) is 5.56. The maximum absolute atomic E-state index is 13.5. The van der Waals surface area contributed by atoms with Gasteiger partial charge in [-0.1, -0.05) is 25.1 Å². The molecule has 4 rings (SSSR count). The number of pyridine rings is 1. The van der Waals surface area contributed by atoms with E-state index in [1.165, 1.54) is 0 Å². The van der Waals surface area contributed by atoms with Crippen LogP contribution in [0.3, 0.4) is 0 Å². The van der Waals surface area contributed by atoms with Gasteiger partial charge in [-0.25, -0.2) is 9.79 Å². The van der Waals surface area contributed by atoms with E-state index in [1.807, 2.05) is 31.2 Å². The molecule has 4 aromatic rings. The number of nitrogens with zero attached hydrogens (tertiary/aromatic N) is 2. The van der Waals surface area contributed by atoms with Gasteiger partial charge in [0.15, 0.2) is 5.58 Å². The quantitative estimate of drug-likeness (QED) is 0.362. The van der Waals surface area contributed by atoms with Gasteiger partial charge in [0.2, 0.25) is 5.55 Å². The lowest BCUT2D eigenvalue weighted by Crippen LogP contribution is -2.22. The third-order valence-electron chi connectivity index (χ3n) is 5.72. The molecule has 8 nitrogen and oxygen atoms in total. The zero-order valence-electron chi connectivity index (χ0n) is 20.4. The molecule has 0 unspecified atom stereocenters. The molecular formula is C28H27N3O5. The highest BCUT2D eigenvalue weighted by atomic mass is 16.5. The summed E-state index contributed by atoms with van der Waals surface area (Å²) in [5, 5.41) is 13.4. The Morgan fingerprint density at radius 1 is 1.08 bits per heavy atom. The number of amides is 1. The molecule has 184 valence electrons. The summed E-state index contributed by atoms with van der Waals surface area (Å²) in [4.78, 5) is 34.3. The molecule has 0 aliphatic carbocycles. The van der Waals surface area contributed by atoms with E-state index >= 15 is 0 Å². The minimum atomic E-state index is -0.424. The van der Waals surface area contributed by atoms with Crippen LogP contribution in [-0.2, 0) is 17.8 Å². The number of hydrogen-bond donors (Lipinski definition) is 2. The van der Waals surface area contributed by atoms with E-state index < -0.39 is 11.9 Å². The number of nitrogens with one attached hydrogen (secondary N) is 1. The van der Waals surface area contributed by atoms with E-state index in [1.54, 1.807) is 50.4 Å². The zero-order valence-corrected chi connectivity index (χ0v) is 20.4. The van der Waals surface area contributed by atoms with Crippen LogP contribution in [0.15, 0.2) is 70.2 Å². The Labute approximate surface area is 208 Å². The summed E-state index contributed by atoms with van der Waals surface area (Å²) < 4.78 is 11.1. The topological polar surface area (TPSA) is 114 Å². The van der Waals surface area contributed by atoms with Crippen molar-refractivity contribution in [2.45, 2.75) is 33.8 Å². The number of esters is 1. The van der Waals surface area contributed by atoms with E-state index in [0.29, 0.717) is 39.2 Å². The van der Waals surface area contributed by atoms with E-state index in [9.17, 15) is 14.7 Å². The van der Waals surface area contributed by atoms with Gasteiger partial charge in [0.1, 0.15) is 5.56 Å². The maximum Gasteiger partial charge on any atom is 0.338 e. The Balaban J connectivity index is 1.85. The van der Waals surface area contributed by atoms with Gasteiger partial charge in [0.05, 0.1) is 30.2 Å². The first kappa shape index (κ1) is 24.8. The van der Waals surface area contributed by atoms with Gasteiger partial charge in [0.25, 0.3) is 5.91 Å². The second kappa shape index (κ2) is 11.0. The van der Waals surface area contributed by atoms with Crippen LogP contribution in [0.25, 0.3) is 11.0 Å². The van der Waals surface area contributed by atoms with Crippen molar-refractivity contribution in [3.8, 4) is 0 Å². The van der Waals surface area contributed by atoms with Gasteiger partial charge in [-0.2, -0.15) is 0 Å². The Kier molecular flexibility index (Phi) is 7.56. The molecule has 2 aromatic heterocycles. The fraction of sp³-hybridized carbons (Fsp3) is 0.214. The lowest BCUT2D eigenvalue weighted by Gasteiger charge is -2.12. The van der Waals surface area contributed by atoms with Crippen LogP contribution in [0, 0.1) is 6.92 Å². The molecule has 0 aliphatic rings. The first-order chi connectivity index (χ1) is 17.4. The summed E-state index contributed by atoms with van der Waals surface area (Å²) in [6.07, 6.45) is 2.31. The predicted molar refractivity (Wildman–Crippen MR) is 136 cm³/mol. The van der Waals surface area contributed by atoms with Crippen LogP contribution in [0.5, 0.6) is 0 Å². The van der Waals surface area contributed by atoms with Gasteiger partial charge in [0, 0.05) is 22.8 Å². The minimum Gasteiger partial charge on any atom is -0.462 e. The van der Waals surface area contributed by atoms with Crippen molar-refractivity contribution in [2.24, 2.45) is 4.99 Å². The number of ether oxygens (including phenoxy) is 1. The monoisotopic (exact) mass is 485 g/mol. The highest BCUT2D eigenvalue weighted by Crippen LogP contribution is 2.23. The van der Waals surface area contributed by atoms with E-state index in [2.05, 4.69) is 15.3 Å². The first-order valence-corrected chi connectivity index (χ1v) is 11.7. The molecule has 0 atom stereocenters. The molecule has 0 spiro atoms. The Morgan fingerprint density at radius 2 is 1.83 bits per heavy atom. The average Bonchev–Trinajstić information content (AvgIpc) is 2.89. The van der Waals surface area contributed by atoms with Crippen molar-refractivity contribution < 1.29 is 23.8 Å². The fourth-order valence-electron chi connectivity index (χ4n) is 3.80. The number of hydrogen-bond acceptors (Lipinski definition) is 7. The first-order valence-electron chi connectivity index (χ1n) is 11.7. The highest BCUT2D eigenvalue weighted by molar-refractivity contribution is 6.06. The summed E-state index contributed by atoms with van der Waals surface area (Å²) in [5.41, 5.74) is 4.41. The van der Waals surface area contributed by atoms with Crippen LogP contribution < -0.4 is 10.9 Å². The number of benzene rings is 2. The van der Waals surface area contributed by atoms with Crippen molar-refractivity contribution >= 4 is 34.2 Å². The molecule has 2 aromatic carbocycles. The van der Waals surface area contributed by atoms with Gasteiger partial charge in [-0.05, 0) is 62.2 Å². The number of carbonyl (C=O) groups is 2. The highest BCUT2D eigenvalue weighted by Gasteiger charge is 2.17. The molecule has 0 bridgehead atoms. The number of fused-ring (bicyclic) bond motifs is 1. The number of aromatic nitrogens is 1. The van der Waals surface area contributed by atoms with Crippen molar-refractivity contribution in [3.05, 3.63) is 94.3 Å². The Morgan fingerprint density at radius 3 is 2.53 bits per heavy atom. The van der Waals surface area contributed by atoms with Crippen molar-refractivity contribution in [1.29, 1.82) is 0 Å². The number of para-hydroxylation sites is 1. The molecule has 0 saturated carbocycles. The second-order valence-corrected chi connectivity index (χ2v) is 8.08. The molecule has 1 amide bonds. The Hall–Kier alpha value is -4.30. The number of aryl methyl sites for hydroxylation is 2. The molecule has 0 aliphatic heterocycles. The molecule has 0 saturated heterocycles. The number of rotatable bonds is 7. The third kappa shape index (κ3) is 5.18. The summed E-state index contributed by atoms with van der Waals surface area (Å²) >= 11 is 0. The molecule has 0 fully saturated rings. The molecule has 8 heteroatoms. The van der Waals surface area contributed by atoms with Crippen LogP contribution in [-0.4, -0.2) is 28.6 Å². The second-order valence-electron chi connectivity index (χ2n) is 8.08. The minimum absolute atomic E-state index is 0.0813. The van der Waals surface area contributed by atoms with Gasteiger partial charge < -0.3 is 19.6 Å². The van der Waals surface area contributed by atoms with Crippen molar-refractivity contribution in [2.75, 3.05) is 11.9 Å². The smallest absolute Gasteiger partial charge is 0.338 e. The van der Waals surface area contributed by atoms with Crippen LogP contribution >= 0.6 is 0 Å². The largest absolute Gasteiger partial charge is 0.462 e. The summed E-state index contributed by atoms with van der Waals surface area (Å²) in [6, 6.07) is 15.7. The lowest BCUT2D eigenvalue weighted by molar-refractivity contribution is 0.0526. The molecule has 36 heavy (non-hydrogen) atoms. The average molecular weight is 486 g/mol. The van der Waals surface area contributed by atoms with Gasteiger partial charge in [-0.3, -0.25) is 9.78 Å². The van der Waals surface area contributed by atoms with E-state index in [-0.39, 0.29) is 24.3 Å². The van der Waals surface area contributed by atoms with Crippen molar-refractivity contribution in [1.82, 2.24) is 4.98 Å². The predicted octanol–water partition coefficient (Wildman–Crippen LogP) is 4.85. The van der Waals surface area contributed by atoms with Crippen LogP contribution in [0.1, 0.15) is 51.4 Å². The zero-order chi connectivity index (χ0) is 25.7. The van der Waals surface area contributed by atoms with Gasteiger partial charge in [-0.15, -0.1) is 0 Å². The number of anilines is 1. The summed E-state index contributed by atoms with van der Waals surface area (Å²) in [5.74, 6) is -0.825. The molecule has 2 N–H and O–H groups in total. The van der Waals surface area contributed by atoms with Gasteiger partial charge >= 0.3 is 5.97 Å². The lowest BCUT2D eigenvalue weighted by atomic mass is 10.1. The standard InChI is InChI=1S/C28H27N3O5/c1-4-18-8-6-7-9-24(18)31-26(33)23-14-22-20(16-32)15-29-17(3)25(22)36-27(23)30-21-12-10-19(11-13-21)28(34)35-5-2/h6-15,32H,4-5,16H2,1-3H3,(H,31,33). The maximum atomic E-state index is 13.5. The molecule has 0 radical (unpaired) electrons. The number of aliphatic hydroxyl groups excluding tert-OH is 1. The SMILES string of the molecule is CCOC(=O)c1ccc(N=c2oc3c(C)ncc(CO)c3cc2C(=O)Nc2ccccc2CC)cc1. The Bertz CT molecular complexity index is 1490. The normalized spacial score (nSPS) is 11.5. The van der Waals surface area contributed by atoms with E-state index in [0.717, 1.165) is 12.0 Å². The molecule has 2 heterocycles. The van der Waals surface area contributed by atoms with E-state index in [4.69, 9.17) is 9.15 Å². The fourth-order valence-corrected chi connectivity index (χ4v) is 3.80. The van der Waals surface area contributed by atoms with Crippen LogP contribution in [0.2, 0.25) is 0 Å². The van der Waals surface area contributed by atoms with Crippen molar-refractivity contribution in [3.63, 3.8) is 0 Å². The summed E-state index contributed by atoms with van der Waals surface area (Å²) in [7, 11) is 0. The van der Waals surface area contributed by atoms with Crippen LogP contribution in [0.4, 0.5) is 11.4 Å². The third-order valence-corrected chi connectivity index (χ3v) is 5.72. The number of aliphatic hydroxyl groups is 1. The molecular weight excluding hydrogens is 458 g/mol. The number of carbonyl (C=O) groups excluding carboxylic acids is 2.